The molecule has 17 heavy (non-hydrogen) atoms. The summed E-state index contributed by atoms with van der Waals surface area (Å²) in [6, 6.07) is 8.18. The van der Waals surface area contributed by atoms with E-state index in [-0.39, 0.29) is 5.82 Å². The molecule has 2 N–H and O–H groups in total. The van der Waals surface area contributed by atoms with E-state index in [2.05, 4.69) is 9.97 Å². The minimum atomic E-state index is -0.285. The lowest BCUT2D eigenvalue weighted by atomic mass is 10.1. The highest BCUT2D eigenvalue weighted by molar-refractivity contribution is 5.62. The van der Waals surface area contributed by atoms with Gasteiger partial charge in [-0.05, 0) is 25.0 Å². The van der Waals surface area contributed by atoms with Crippen molar-refractivity contribution in [3.63, 3.8) is 0 Å². The molecule has 3 nitrogen and oxygen atoms in total. The van der Waals surface area contributed by atoms with Crippen LogP contribution in [0.2, 0.25) is 0 Å². The minimum absolute atomic E-state index is 0.285. The molecule has 0 aliphatic heterocycles. The Morgan fingerprint density at radius 3 is 2.65 bits per heavy atom. The fourth-order valence-electron chi connectivity index (χ4n) is 1.82. The maximum Gasteiger partial charge on any atom is 0.134 e. The van der Waals surface area contributed by atoms with Gasteiger partial charge in [0.25, 0.3) is 0 Å². The van der Waals surface area contributed by atoms with Gasteiger partial charge in [0.1, 0.15) is 17.5 Å². The summed E-state index contributed by atoms with van der Waals surface area (Å²) in [7, 11) is 0. The normalized spacial score (nSPS) is 14.9. The van der Waals surface area contributed by atoms with E-state index in [1.165, 1.54) is 6.07 Å². The summed E-state index contributed by atoms with van der Waals surface area (Å²) in [5.41, 5.74) is 6.78. The standard InChI is InChI=1S/C13H12FN3/c14-10-4-2-1-3-9(10)11-7-12(15)17-13(16-11)8-5-6-8/h1-4,7-8H,5-6H2,(H2,15,16,17). The average molecular weight is 229 g/mol. The monoisotopic (exact) mass is 229 g/mol. The summed E-state index contributed by atoms with van der Waals surface area (Å²) < 4.78 is 13.7. The third-order valence-corrected chi connectivity index (χ3v) is 2.86. The molecule has 4 heteroatoms. The molecule has 0 radical (unpaired) electrons. The number of nitrogens with two attached hydrogens (primary N) is 1. The van der Waals surface area contributed by atoms with Crippen molar-refractivity contribution < 1.29 is 4.39 Å². The molecular weight excluding hydrogens is 217 g/mol. The van der Waals surface area contributed by atoms with Crippen molar-refractivity contribution in [2.45, 2.75) is 18.8 Å². The van der Waals surface area contributed by atoms with Gasteiger partial charge in [-0.15, -0.1) is 0 Å². The second kappa shape index (κ2) is 3.80. The highest BCUT2D eigenvalue weighted by Crippen LogP contribution is 2.39. The van der Waals surface area contributed by atoms with Gasteiger partial charge in [-0.25, -0.2) is 14.4 Å². The third-order valence-electron chi connectivity index (χ3n) is 2.86. The molecule has 86 valence electrons. The van der Waals surface area contributed by atoms with Crippen molar-refractivity contribution in [3.8, 4) is 11.3 Å². The van der Waals surface area contributed by atoms with Crippen molar-refractivity contribution >= 4 is 5.82 Å². The van der Waals surface area contributed by atoms with E-state index in [0.717, 1.165) is 18.7 Å². The maximum atomic E-state index is 13.7. The van der Waals surface area contributed by atoms with E-state index >= 15 is 0 Å². The molecular formula is C13H12FN3. The minimum Gasteiger partial charge on any atom is -0.384 e. The van der Waals surface area contributed by atoms with Crippen LogP contribution in [0.15, 0.2) is 30.3 Å². The van der Waals surface area contributed by atoms with Crippen molar-refractivity contribution in [1.29, 1.82) is 0 Å². The first kappa shape index (κ1) is 10.2. The van der Waals surface area contributed by atoms with E-state index < -0.39 is 0 Å². The lowest BCUT2D eigenvalue weighted by molar-refractivity contribution is 0.630. The van der Waals surface area contributed by atoms with Crippen molar-refractivity contribution in [2.75, 3.05) is 5.73 Å². The average Bonchev–Trinajstić information content (AvgIpc) is 3.12. The molecule has 3 rings (SSSR count). The third kappa shape index (κ3) is 1.98. The molecule has 1 saturated carbocycles. The molecule has 0 amide bonds. The number of aromatic nitrogens is 2. The zero-order chi connectivity index (χ0) is 11.8. The highest BCUT2D eigenvalue weighted by Gasteiger charge is 2.27. The van der Waals surface area contributed by atoms with Crippen LogP contribution >= 0.6 is 0 Å². The lowest BCUT2D eigenvalue weighted by Gasteiger charge is -2.06. The molecule has 0 saturated heterocycles. The van der Waals surface area contributed by atoms with Crippen LogP contribution in [0.3, 0.4) is 0 Å². The quantitative estimate of drug-likeness (QED) is 0.861. The Kier molecular flexibility index (Phi) is 2.28. The zero-order valence-electron chi connectivity index (χ0n) is 9.23. The van der Waals surface area contributed by atoms with Crippen LogP contribution in [0.4, 0.5) is 10.2 Å². The van der Waals surface area contributed by atoms with Gasteiger partial charge >= 0.3 is 0 Å². The van der Waals surface area contributed by atoms with Gasteiger partial charge in [-0.2, -0.15) is 0 Å². The summed E-state index contributed by atoms with van der Waals surface area (Å²) in [5.74, 6) is 1.26. The Bertz CT molecular complexity index is 564. The predicted octanol–water partition coefficient (Wildman–Crippen LogP) is 2.74. The molecule has 1 aliphatic carbocycles. The van der Waals surface area contributed by atoms with E-state index in [1.807, 2.05) is 0 Å². The largest absolute Gasteiger partial charge is 0.384 e. The number of halogens is 1. The molecule has 0 bridgehead atoms. The first-order valence-corrected chi connectivity index (χ1v) is 5.63. The Labute approximate surface area is 98.5 Å². The van der Waals surface area contributed by atoms with Crippen LogP contribution in [0.1, 0.15) is 24.6 Å². The number of hydrogen-bond acceptors (Lipinski definition) is 3. The highest BCUT2D eigenvalue weighted by atomic mass is 19.1. The van der Waals surface area contributed by atoms with Crippen LogP contribution in [0.5, 0.6) is 0 Å². The summed E-state index contributed by atoms with van der Waals surface area (Å²) in [4.78, 5) is 8.59. The number of anilines is 1. The Morgan fingerprint density at radius 1 is 1.18 bits per heavy atom. The maximum absolute atomic E-state index is 13.7. The van der Waals surface area contributed by atoms with Crippen molar-refractivity contribution in [2.24, 2.45) is 0 Å². The molecule has 0 unspecified atom stereocenters. The van der Waals surface area contributed by atoms with E-state index in [9.17, 15) is 4.39 Å². The summed E-state index contributed by atoms with van der Waals surface area (Å²) in [6.45, 7) is 0. The van der Waals surface area contributed by atoms with Crippen LogP contribution in [-0.4, -0.2) is 9.97 Å². The number of nitrogens with zero attached hydrogens (tertiary/aromatic N) is 2. The van der Waals surface area contributed by atoms with Crippen molar-refractivity contribution in [3.05, 3.63) is 42.0 Å². The fraction of sp³-hybridized carbons (Fsp3) is 0.231. The molecule has 1 aliphatic rings. The molecule has 2 aromatic rings. The number of hydrogen-bond donors (Lipinski definition) is 1. The first-order chi connectivity index (χ1) is 8.24. The predicted molar refractivity (Wildman–Crippen MR) is 63.8 cm³/mol. The number of rotatable bonds is 2. The molecule has 1 heterocycles. The summed E-state index contributed by atoms with van der Waals surface area (Å²) >= 11 is 0. The van der Waals surface area contributed by atoms with Gasteiger partial charge in [-0.1, -0.05) is 12.1 Å². The Balaban J connectivity index is 2.11. The Morgan fingerprint density at radius 2 is 1.94 bits per heavy atom. The van der Waals surface area contributed by atoms with E-state index in [4.69, 9.17) is 5.73 Å². The van der Waals surface area contributed by atoms with Crippen molar-refractivity contribution in [1.82, 2.24) is 9.97 Å². The van der Waals surface area contributed by atoms with Crippen LogP contribution in [0.25, 0.3) is 11.3 Å². The van der Waals surface area contributed by atoms with Crippen LogP contribution in [0, 0.1) is 5.82 Å². The molecule has 1 fully saturated rings. The topological polar surface area (TPSA) is 51.8 Å². The van der Waals surface area contributed by atoms with Gasteiger partial charge in [0.2, 0.25) is 0 Å². The van der Waals surface area contributed by atoms with Gasteiger partial charge < -0.3 is 5.73 Å². The SMILES string of the molecule is Nc1cc(-c2ccccc2F)nc(C2CC2)n1. The van der Waals surface area contributed by atoms with Gasteiger partial charge in [-0.3, -0.25) is 0 Å². The summed E-state index contributed by atoms with van der Waals surface area (Å²) in [5, 5.41) is 0. The molecule has 0 atom stereocenters. The number of benzene rings is 1. The lowest BCUT2D eigenvalue weighted by Crippen LogP contribution is -2.00. The number of nitrogen functional groups attached to an aromatic ring is 1. The van der Waals surface area contributed by atoms with E-state index in [1.54, 1.807) is 24.3 Å². The fourth-order valence-corrected chi connectivity index (χ4v) is 1.82. The Hall–Kier alpha value is -1.97. The molecule has 1 aromatic heterocycles. The first-order valence-electron chi connectivity index (χ1n) is 5.63. The second-order valence-corrected chi connectivity index (χ2v) is 4.29. The van der Waals surface area contributed by atoms with Crippen LogP contribution < -0.4 is 5.73 Å². The smallest absolute Gasteiger partial charge is 0.134 e. The van der Waals surface area contributed by atoms with Gasteiger partial charge in [0, 0.05) is 17.5 Å². The molecule has 1 aromatic carbocycles. The van der Waals surface area contributed by atoms with Crippen LogP contribution in [-0.2, 0) is 0 Å². The molecule has 0 spiro atoms. The van der Waals surface area contributed by atoms with E-state index in [0.29, 0.717) is 23.0 Å². The van der Waals surface area contributed by atoms with Gasteiger partial charge in [0.15, 0.2) is 0 Å². The second-order valence-electron chi connectivity index (χ2n) is 4.29. The van der Waals surface area contributed by atoms with Gasteiger partial charge in [0.05, 0.1) is 5.69 Å². The summed E-state index contributed by atoms with van der Waals surface area (Å²) in [6.07, 6.45) is 2.19. The zero-order valence-corrected chi connectivity index (χ0v) is 9.23.